The Hall–Kier alpha value is -3.62. The van der Waals surface area contributed by atoms with Crippen LogP contribution < -0.4 is 11.1 Å². The standard InChI is InChI=1S/C25H22ClN5O2S/c1-15-4-3-5-21(14-15)31-23(18-6-10-19(26)11-7-18)29-30-25(31)34-16(2)24(33)28-20-12-8-17(9-13-20)22(27)32/h3-14,16H,1-2H3,(H2,27,32)(H,28,33). The minimum Gasteiger partial charge on any atom is -0.366 e. The molecular formula is C25H22ClN5O2S. The van der Waals surface area contributed by atoms with Crippen LogP contribution in [0.4, 0.5) is 5.69 Å². The van der Waals surface area contributed by atoms with Crippen LogP contribution in [0.25, 0.3) is 17.1 Å². The molecule has 3 aromatic carbocycles. The van der Waals surface area contributed by atoms with Crippen LogP contribution in [0.3, 0.4) is 0 Å². The van der Waals surface area contributed by atoms with Crippen molar-refractivity contribution in [3.05, 3.63) is 88.9 Å². The topological polar surface area (TPSA) is 103 Å². The highest BCUT2D eigenvalue weighted by atomic mass is 35.5. The van der Waals surface area contributed by atoms with Gasteiger partial charge < -0.3 is 11.1 Å². The maximum absolute atomic E-state index is 12.9. The molecule has 4 rings (SSSR count). The number of carbonyl (C=O) groups excluding carboxylic acids is 2. The summed E-state index contributed by atoms with van der Waals surface area (Å²) in [6, 6.07) is 21.8. The van der Waals surface area contributed by atoms with E-state index >= 15 is 0 Å². The molecule has 1 aromatic heterocycles. The van der Waals surface area contributed by atoms with Crippen LogP contribution in [-0.2, 0) is 4.79 Å². The lowest BCUT2D eigenvalue weighted by atomic mass is 10.2. The molecule has 0 aliphatic rings. The van der Waals surface area contributed by atoms with Gasteiger partial charge in [0.25, 0.3) is 0 Å². The second kappa shape index (κ2) is 10.1. The van der Waals surface area contributed by atoms with Crippen molar-refractivity contribution < 1.29 is 9.59 Å². The van der Waals surface area contributed by atoms with Gasteiger partial charge in [-0.15, -0.1) is 10.2 Å². The van der Waals surface area contributed by atoms with Crippen LogP contribution in [0.5, 0.6) is 0 Å². The summed E-state index contributed by atoms with van der Waals surface area (Å²) in [6.45, 7) is 3.82. The molecule has 0 saturated heterocycles. The smallest absolute Gasteiger partial charge is 0.248 e. The van der Waals surface area contributed by atoms with E-state index in [1.165, 1.54) is 11.8 Å². The Morgan fingerprint density at radius 3 is 2.38 bits per heavy atom. The number of hydrogen-bond acceptors (Lipinski definition) is 5. The zero-order valence-corrected chi connectivity index (χ0v) is 20.1. The van der Waals surface area contributed by atoms with E-state index in [1.807, 2.05) is 47.9 Å². The molecule has 0 aliphatic heterocycles. The molecule has 1 atom stereocenters. The van der Waals surface area contributed by atoms with E-state index in [1.54, 1.807) is 43.3 Å². The van der Waals surface area contributed by atoms with E-state index in [4.69, 9.17) is 17.3 Å². The first kappa shape index (κ1) is 23.5. The van der Waals surface area contributed by atoms with E-state index in [0.717, 1.165) is 16.8 Å². The predicted molar refractivity (Wildman–Crippen MR) is 135 cm³/mol. The second-order valence-electron chi connectivity index (χ2n) is 7.68. The number of nitrogens with one attached hydrogen (secondary N) is 1. The molecule has 1 unspecified atom stereocenters. The van der Waals surface area contributed by atoms with E-state index in [0.29, 0.717) is 27.3 Å². The third-order valence-electron chi connectivity index (χ3n) is 5.08. The minimum absolute atomic E-state index is 0.205. The van der Waals surface area contributed by atoms with Crippen molar-refractivity contribution in [2.24, 2.45) is 5.73 Å². The number of hydrogen-bond donors (Lipinski definition) is 2. The van der Waals surface area contributed by atoms with Gasteiger partial charge >= 0.3 is 0 Å². The van der Waals surface area contributed by atoms with Crippen LogP contribution in [0.15, 0.2) is 78.0 Å². The zero-order valence-electron chi connectivity index (χ0n) is 18.5. The van der Waals surface area contributed by atoms with Gasteiger partial charge in [-0.05, 0) is 80.1 Å². The van der Waals surface area contributed by atoms with Gasteiger partial charge in [0.15, 0.2) is 11.0 Å². The number of benzene rings is 3. The fraction of sp³-hybridized carbons (Fsp3) is 0.120. The summed E-state index contributed by atoms with van der Waals surface area (Å²) in [4.78, 5) is 24.1. The molecule has 9 heteroatoms. The zero-order chi connectivity index (χ0) is 24.2. The van der Waals surface area contributed by atoms with Gasteiger partial charge in [0.1, 0.15) is 0 Å². The Bertz CT molecular complexity index is 1340. The molecule has 7 nitrogen and oxygen atoms in total. The number of aryl methyl sites for hydroxylation is 1. The van der Waals surface area contributed by atoms with Crippen molar-refractivity contribution in [3.63, 3.8) is 0 Å². The van der Waals surface area contributed by atoms with Crippen molar-refractivity contribution in [1.82, 2.24) is 14.8 Å². The maximum atomic E-state index is 12.9. The van der Waals surface area contributed by atoms with E-state index in [2.05, 4.69) is 15.5 Å². The lowest BCUT2D eigenvalue weighted by Crippen LogP contribution is -2.23. The SMILES string of the molecule is Cc1cccc(-n2c(SC(C)C(=O)Nc3ccc(C(N)=O)cc3)nnc2-c2ccc(Cl)cc2)c1. The molecule has 0 aliphatic carbocycles. The normalized spacial score (nSPS) is 11.7. The number of nitrogens with zero attached hydrogens (tertiary/aromatic N) is 3. The molecule has 0 fully saturated rings. The number of amides is 2. The summed E-state index contributed by atoms with van der Waals surface area (Å²) in [5.74, 6) is -0.0724. The third kappa shape index (κ3) is 5.30. The summed E-state index contributed by atoms with van der Waals surface area (Å²) in [5, 5.41) is 12.4. The number of rotatable bonds is 7. The monoisotopic (exact) mass is 491 g/mol. The van der Waals surface area contributed by atoms with Crippen molar-refractivity contribution in [1.29, 1.82) is 0 Å². The first-order chi connectivity index (χ1) is 16.3. The van der Waals surface area contributed by atoms with Gasteiger partial charge in [-0.25, -0.2) is 0 Å². The van der Waals surface area contributed by atoms with Crippen molar-refractivity contribution in [2.45, 2.75) is 24.3 Å². The summed E-state index contributed by atoms with van der Waals surface area (Å²) in [7, 11) is 0. The molecule has 4 aromatic rings. The molecular weight excluding hydrogens is 470 g/mol. The number of anilines is 1. The summed E-state index contributed by atoms with van der Waals surface area (Å²) < 4.78 is 1.94. The van der Waals surface area contributed by atoms with Crippen LogP contribution in [-0.4, -0.2) is 31.8 Å². The Morgan fingerprint density at radius 2 is 1.74 bits per heavy atom. The van der Waals surface area contributed by atoms with Crippen LogP contribution in [0, 0.1) is 6.92 Å². The lowest BCUT2D eigenvalue weighted by Gasteiger charge is -2.14. The average Bonchev–Trinajstić information content (AvgIpc) is 3.23. The van der Waals surface area contributed by atoms with Gasteiger partial charge in [-0.2, -0.15) is 0 Å². The lowest BCUT2D eigenvalue weighted by molar-refractivity contribution is -0.115. The summed E-state index contributed by atoms with van der Waals surface area (Å²) in [5.41, 5.74) is 9.07. The Labute approximate surface area is 206 Å². The number of halogens is 1. The molecule has 172 valence electrons. The van der Waals surface area contributed by atoms with Gasteiger partial charge in [-0.3, -0.25) is 14.2 Å². The fourth-order valence-corrected chi connectivity index (χ4v) is 4.30. The molecule has 34 heavy (non-hydrogen) atoms. The number of thioether (sulfide) groups is 1. The molecule has 2 amide bonds. The van der Waals surface area contributed by atoms with E-state index in [9.17, 15) is 9.59 Å². The van der Waals surface area contributed by atoms with Crippen molar-refractivity contribution in [3.8, 4) is 17.1 Å². The maximum Gasteiger partial charge on any atom is 0.248 e. The summed E-state index contributed by atoms with van der Waals surface area (Å²) >= 11 is 7.36. The van der Waals surface area contributed by atoms with Crippen LogP contribution in [0.1, 0.15) is 22.8 Å². The number of nitrogens with two attached hydrogens (primary N) is 1. The van der Waals surface area contributed by atoms with Crippen molar-refractivity contribution >= 4 is 40.9 Å². The highest BCUT2D eigenvalue weighted by Crippen LogP contribution is 2.31. The average molecular weight is 492 g/mol. The first-order valence-corrected chi connectivity index (χ1v) is 11.7. The largest absolute Gasteiger partial charge is 0.366 e. The van der Waals surface area contributed by atoms with Gasteiger partial charge in [0.2, 0.25) is 11.8 Å². The van der Waals surface area contributed by atoms with Gasteiger partial charge in [-0.1, -0.05) is 35.5 Å². The Balaban J connectivity index is 1.61. The number of carbonyl (C=O) groups is 2. The second-order valence-corrected chi connectivity index (χ2v) is 9.42. The highest BCUT2D eigenvalue weighted by Gasteiger charge is 2.22. The van der Waals surface area contributed by atoms with E-state index in [-0.39, 0.29) is 5.91 Å². The molecule has 0 radical (unpaired) electrons. The Morgan fingerprint density at radius 1 is 1.03 bits per heavy atom. The quantitative estimate of drug-likeness (QED) is 0.349. The number of primary amides is 1. The fourth-order valence-electron chi connectivity index (χ4n) is 3.31. The molecule has 0 spiro atoms. The van der Waals surface area contributed by atoms with Gasteiger partial charge in [0, 0.05) is 27.5 Å². The highest BCUT2D eigenvalue weighted by molar-refractivity contribution is 8.00. The van der Waals surface area contributed by atoms with E-state index < -0.39 is 11.2 Å². The molecule has 0 bridgehead atoms. The van der Waals surface area contributed by atoms with Gasteiger partial charge in [0.05, 0.1) is 5.25 Å². The van der Waals surface area contributed by atoms with Crippen LogP contribution >= 0.6 is 23.4 Å². The molecule has 1 heterocycles. The predicted octanol–water partition coefficient (Wildman–Crippen LogP) is 5.11. The van der Waals surface area contributed by atoms with Crippen molar-refractivity contribution in [2.75, 3.05) is 5.32 Å². The third-order valence-corrected chi connectivity index (χ3v) is 6.38. The molecule has 3 N–H and O–H groups in total. The number of aromatic nitrogens is 3. The van der Waals surface area contributed by atoms with Crippen LogP contribution in [0.2, 0.25) is 5.02 Å². The Kier molecular flexibility index (Phi) is 7.00. The molecule has 0 saturated carbocycles. The minimum atomic E-state index is -0.520. The first-order valence-electron chi connectivity index (χ1n) is 10.5. The summed E-state index contributed by atoms with van der Waals surface area (Å²) in [6.07, 6.45) is 0.